The van der Waals surface area contributed by atoms with E-state index in [-0.39, 0.29) is 7.92 Å². The smallest absolute Gasteiger partial charge is 0.0276 e. The van der Waals surface area contributed by atoms with Crippen LogP contribution in [0.15, 0.2) is 84.0 Å². The van der Waals surface area contributed by atoms with Crippen molar-refractivity contribution in [2.75, 3.05) is 0 Å². The molecule has 2 saturated carbocycles. The van der Waals surface area contributed by atoms with Crippen LogP contribution in [0.3, 0.4) is 0 Å². The van der Waals surface area contributed by atoms with Crippen LogP contribution in [0.25, 0.3) is 0 Å². The van der Waals surface area contributed by atoms with Gasteiger partial charge in [-0.3, -0.25) is 0 Å². The van der Waals surface area contributed by atoms with E-state index in [1.807, 2.05) is 5.57 Å². The molecule has 0 aromatic heterocycles. The molecular formula is C33H42P2. The van der Waals surface area contributed by atoms with Gasteiger partial charge in [-0.1, -0.05) is 119 Å². The molecule has 0 nitrogen and oxygen atoms in total. The summed E-state index contributed by atoms with van der Waals surface area (Å²) < 4.78 is 0. The number of benzene rings is 2. The van der Waals surface area contributed by atoms with Crippen LogP contribution in [0.2, 0.25) is 0 Å². The van der Waals surface area contributed by atoms with Crippen molar-refractivity contribution in [3.8, 4) is 0 Å². The number of allylic oxidation sites excluding steroid dienone is 4. The van der Waals surface area contributed by atoms with E-state index in [1.54, 1.807) is 16.2 Å². The normalized spacial score (nSPS) is 26.0. The van der Waals surface area contributed by atoms with Gasteiger partial charge in [-0.05, 0) is 85.9 Å². The highest BCUT2D eigenvalue weighted by Crippen LogP contribution is 2.65. The molecule has 0 spiro atoms. The fourth-order valence-corrected chi connectivity index (χ4v) is 15.2. The second kappa shape index (κ2) is 11.4. The van der Waals surface area contributed by atoms with Crippen LogP contribution in [-0.2, 0) is 0 Å². The van der Waals surface area contributed by atoms with Crippen molar-refractivity contribution in [1.82, 2.24) is 0 Å². The maximum atomic E-state index is 2.66. The Balaban J connectivity index is 1.40. The average molecular weight is 501 g/mol. The molecule has 0 heterocycles. The van der Waals surface area contributed by atoms with Gasteiger partial charge in [0.1, 0.15) is 0 Å². The molecule has 0 saturated heterocycles. The molecule has 0 radical (unpaired) electrons. The summed E-state index contributed by atoms with van der Waals surface area (Å²) in [5.41, 5.74) is 7.26. The van der Waals surface area contributed by atoms with Crippen LogP contribution in [-0.4, -0.2) is 22.6 Å². The second-order valence-corrected chi connectivity index (χ2v) is 16.6. The lowest BCUT2D eigenvalue weighted by Gasteiger charge is -2.46. The van der Waals surface area contributed by atoms with Crippen LogP contribution < -0.4 is 10.6 Å². The Bertz CT molecular complexity index is 954. The minimum Gasteiger partial charge on any atom is -0.0929 e. The van der Waals surface area contributed by atoms with Crippen molar-refractivity contribution in [2.24, 2.45) is 0 Å². The van der Waals surface area contributed by atoms with Crippen LogP contribution in [0, 0.1) is 0 Å². The first-order valence-electron chi connectivity index (χ1n) is 14.5. The molecular weight excluding hydrogens is 458 g/mol. The molecule has 6 rings (SSSR count). The molecule has 2 atom stereocenters. The monoisotopic (exact) mass is 500 g/mol. The summed E-state index contributed by atoms with van der Waals surface area (Å²) in [5.74, 6) is 0. The van der Waals surface area contributed by atoms with Crippen LogP contribution in [0.5, 0.6) is 0 Å². The van der Waals surface area contributed by atoms with Crippen LogP contribution >= 0.6 is 15.8 Å². The minimum absolute atomic E-state index is 0.0764. The van der Waals surface area contributed by atoms with Gasteiger partial charge in [0, 0.05) is 11.3 Å². The van der Waals surface area contributed by atoms with E-state index in [1.165, 1.54) is 83.5 Å². The van der Waals surface area contributed by atoms with E-state index in [2.05, 4.69) is 72.8 Å². The number of hydrogen-bond donors (Lipinski definition) is 0. The summed E-state index contributed by atoms with van der Waals surface area (Å²) in [5, 5.41) is 3.11. The Morgan fingerprint density at radius 1 is 0.571 bits per heavy atom. The van der Waals surface area contributed by atoms with E-state index >= 15 is 0 Å². The highest BCUT2D eigenvalue weighted by atomic mass is 31.1. The molecule has 4 aliphatic carbocycles. The van der Waals surface area contributed by atoms with E-state index in [4.69, 9.17) is 0 Å². The van der Waals surface area contributed by atoms with Crippen molar-refractivity contribution in [1.29, 1.82) is 0 Å². The summed E-state index contributed by atoms with van der Waals surface area (Å²) in [6.45, 7) is 0. The van der Waals surface area contributed by atoms with Gasteiger partial charge in [0.05, 0.1) is 0 Å². The lowest BCUT2D eigenvalue weighted by Crippen LogP contribution is -2.33. The van der Waals surface area contributed by atoms with Gasteiger partial charge in [0.25, 0.3) is 0 Å². The minimum atomic E-state index is -0.416. The van der Waals surface area contributed by atoms with Gasteiger partial charge in [0.2, 0.25) is 0 Å². The van der Waals surface area contributed by atoms with Gasteiger partial charge in [-0.15, -0.1) is 0 Å². The van der Waals surface area contributed by atoms with Crippen LogP contribution in [0.1, 0.15) is 83.5 Å². The fraction of sp³-hybridized carbons (Fsp3) is 0.515. The van der Waals surface area contributed by atoms with Gasteiger partial charge >= 0.3 is 0 Å². The molecule has 0 bridgehead atoms. The van der Waals surface area contributed by atoms with Crippen molar-refractivity contribution in [3.05, 3.63) is 84.0 Å². The number of rotatable bonds is 6. The molecule has 4 aliphatic rings. The molecule has 2 aromatic carbocycles. The third-order valence-electron chi connectivity index (χ3n) is 9.15. The lowest BCUT2D eigenvalue weighted by molar-refractivity contribution is 0.479. The predicted octanol–water partition coefficient (Wildman–Crippen LogP) is 9.05. The first-order chi connectivity index (χ1) is 17.4. The SMILES string of the molecule is C1=CC(P(c2ccccc2)c2ccccc2)C2=C1CCC[C@@H]2P(C1CCCCC1)C1CCCCC1. The zero-order valence-corrected chi connectivity index (χ0v) is 23.1. The molecule has 0 N–H and O–H groups in total. The predicted molar refractivity (Wildman–Crippen MR) is 157 cm³/mol. The highest BCUT2D eigenvalue weighted by molar-refractivity contribution is 7.74. The average Bonchev–Trinajstić information content (AvgIpc) is 3.36. The van der Waals surface area contributed by atoms with Gasteiger partial charge < -0.3 is 0 Å². The first kappa shape index (κ1) is 24.1. The maximum Gasteiger partial charge on any atom is 0.0276 e. The fourth-order valence-electron chi connectivity index (χ4n) is 7.63. The molecule has 184 valence electrons. The van der Waals surface area contributed by atoms with E-state index in [0.717, 1.165) is 17.0 Å². The summed E-state index contributed by atoms with van der Waals surface area (Å²) >= 11 is 0. The Labute approximate surface area is 216 Å². The third-order valence-corrected chi connectivity index (χ3v) is 15.8. The molecule has 1 unspecified atom stereocenters. The van der Waals surface area contributed by atoms with Crippen molar-refractivity contribution < 1.29 is 0 Å². The molecule has 2 fully saturated rings. The Kier molecular flexibility index (Phi) is 7.89. The second-order valence-electron chi connectivity index (χ2n) is 11.3. The Morgan fingerprint density at radius 2 is 1.11 bits per heavy atom. The Hall–Kier alpha value is -1.22. The summed E-state index contributed by atoms with van der Waals surface area (Å²) in [7, 11) is -0.340. The highest BCUT2D eigenvalue weighted by Gasteiger charge is 2.43. The molecule has 0 amide bonds. The van der Waals surface area contributed by atoms with Gasteiger partial charge in [0.15, 0.2) is 0 Å². The molecule has 35 heavy (non-hydrogen) atoms. The molecule has 2 heteroatoms. The zero-order valence-electron chi connectivity index (χ0n) is 21.3. The summed E-state index contributed by atoms with van der Waals surface area (Å²) in [4.78, 5) is 0. The van der Waals surface area contributed by atoms with Crippen molar-refractivity contribution in [3.63, 3.8) is 0 Å². The van der Waals surface area contributed by atoms with E-state index in [9.17, 15) is 0 Å². The molecule has 0 aliphatic heterocycles. The first-order valence-corrected chi connectivity index (χ1v) is 17.4. The quantitative estimate of drug-likeness (QED) is 0.347. The molecule has 2 aromatic rings. The Morgan fingerprint density at radius 3 is 1.66 bits per heavy atom. The summed E-state index contributed by atoms with van der Waals surface area (Å²) in [6, 6.07) is 23.1. The zero-order chi connectivity index (χ0) is 23.5. The van der Waals surface area contributed by atoms with Crippen LogP contribution in [0.4, 0.5) is 0 Å². The largest absolute Gasteiger partial charge is 0.0929 e. The number of hydrogen-bond acceptors (Lipinski definition) is 0. The van der Waals surface area contributed by atoms with Crippen molar-refractivity contribution in [2.45, 2.75) is 106 Å². The van der Waals surface area contributed by atoms with Gasteiger partial charge in [-0.2, -0.15) is 0 Å². The van der Waals surface area contributed by atoms with E-state index < -0.39 is 7.92 Å². The lowest BCUT2D eigenvalue weighted by atomic mass is 9.93. The third kappa shape index (κ3) is 5.13. The van der Waals surface area contributed by atoms with Crippen molar-refractivity contribution >= 4 is 26.5 Å². The van der Waals surface area contributed by atoms with Gasteiger partial charge in [-0.25, -0.2) is 0 Å². The van der Waals surface area contributed by atoms with E-state index in [0.29, 0.717) is 5.66 Å². The maximum absolute atomic E-state index is 2.66. The standard InChI is InChI=1S/C33H42P2/c1-5-15-27(16-6-1)34(28-17-7-2-8-18-28)31-23-13-14-26-24-25-32(33(26)31)35(29-19-9-3-10-20-29)30-21-11-4-12-22-30/h3-4,9-12,19-22,24-25,27-28,31-32H,1-2,5-8,13-18,23H2/t31-,32?/m0/s1. The summed E-state index contributed by atoms with van der Waals surface area (Å²) in [6.07, 6.45) is 24.6. The topological polar surface area (TPSA) is 0 Å².